The molecule has 0 aromatic heterocycles. The third-order valence-electron chi connectivity index (χ3n) is 9.63. The molecule has 8 nitrogen and oxygen atoms in total. The van der Waals surface area contributed by atoms with Crippen molar-refractivity contribution in [2.24, 2.45) is 5.73 Å². The van der Waals surface area contributed by atoms with Gasteiger partial charge in [0.05, 0.1) is 6.10 Å². The van der Waals surface area contributed by atoms with E-state index in [1.807, 2.05) is 72.8 Å². The average Bonchev–Trinajstić information content (AvgIpc) is 3.04. The normalized spacial score (nSPS) is 17.9. The Morgan fingerprint density at radius 3 is 2.20 bits per heavy atom. The van der Waals surface area contributed by atoms with Gasteiger partial charge in [-0.05, 0) is 66.5 Å². The van der Waals surface area contributed by atoms with Crippen molar-refractivity contribution in [3.05, 3.63) is 96.1 Å². The Hall–Kier alpha value is -4.01. The van der Waals surface area contributed by atoms with Crippen molar-refractivity contribution in [1.29, 1.82) is 0 Å². The number of rotatable bonds is 11. The van der Waals surface area contributed by atoms with Gasteiger partial charge < -0.3 is 25.5 Å². The molecule has 0 spiro atoms. The van der Waals surface area contributed by atoms with Crippen molar-refractivity contribution in [3.8, 4) is 0 Å². The van der Waals surface area contributed by atoms with Crippen LogP contribution in [0.4, 0.5) is 0 Å². The third kappa shape index (κ3) is 7.99. The quantitative estimate of drug-likeness (QED) is 0.318. The largest absolute Gasteiger partial charge is 0.393 e. The SMILES string of the molecule is CN(C(=O)/C=C/CC1(N)CCC1)C(Cc1ccc2ccccc2c1)C(=O)N(C)C(Cc1ccccc1)C(=O)N1CCC(O)CC1. The number of likely N-dealkylation sites (N-methyl/N-ethyl adjacent to an activating group) is 2. The molecule has 1 aliphatic carbocycles. The number of nitrogens with zero attached hydrogens (tertiary/aromatic N) is 3. The highest BCUT2D eigenvalue weighted by Gasteiger charge is 2.37. The zero-order chi connectivity index (χ0) is 32.0. The van der Waals surface area contributed by atoms with E-state index in [0.717, 1.165) is 41.2 Å². The molecule has 3 N–H and O–H groups in total. The van der Waals surface area contributed by atoms with Crippen LogP contribution in [0.25, 0.3) is 10.8 Å². The van der Waals surface area contributed by atoms with Gasteiger partial charge in [-0.2, -0.15) is 0 Å². The van der Waals surface area contributed by atoms with Crippen LogP contribution in [0.3, 0.4) is 0 Å². The van der Waals surface area contributed by atoms with E-state index >= 15 is 0 Å². The fourth-order valence-corrected chi connectivity index (χ4v) is 6.39. The van der Waals surface area contributed by atoms with Crippen LogP contribution in [0.2, 0.25) is 0 Å². The number of aliphatic hydroxyl groups excluding tert-OH is 1. The lowest BCUT2D eigenvalue weighted by Crippen LogP contribution is -2.57. The molecular weight excluding hydrogens is 564 g/mol. The molecular formula is C37H46N4O4. The van der Waals surface area contributed by atoms with Gasteiger partial charge >= 0.3 is 0 Å². The highest BCUT2D eigenvalue weighted by atomic mass is 16.3. The van der Waals surface area contributed by atoms with Crippen molar-refractivity contribution in [1.82, 2.24) is 14.7 Å². The van der Waals surface area contributed by atoms with Crippen molar-refractivity contribution in [2.75, 3.05) is 27.2 Å². The van der Waals surface area contributed by atoms with Crippen LogP contribution in [-0.4, -0.2) is 88.4 Å². The van der Waals surface area contributed by atoms with Crippen LogP contribution in [0.5, 0.6) is 0 Å². The molecule has 1 saturated carbocycles. The summed E-state index contributed by atoms with van der Waals surface area (Å²) < 4.78 is 0. The van der Waals surface area contributed by atoms with Crippen LogP contribution in [0.15, 0.2) is 84.9 Å². The number of hydrogen-bond donors (Lipinski definition) is 2. The summed E-state index contributed by atoms with van der Waals surface area (Å²) in [5.74, 6) is -0.719. The molecule has 2 aliphatic rings. The molecule has 238 valence electrons. The van der Waals surface area contributed by atoms with E-state index in [-0.39, 0.29) is 23.3 Å². The maximum Gasteiger partial charge on any atom is 0.246 e. The van der Waals surface area contributed by atoms with Crippen LogP contribution >= 0.6 is 0 Å². The van der Waals surface area contributed by atoms with E-state index in [1.54, 1.807) is 19.0 Å². The topological polar surface area (TPSA) is 107 Å². The van der Waals surface area contributed by atoms with Gasteiger partial charge in [-0.1, -0.05) is 78.9 Å². The zero-order valence-electron chi connectivity index (χ0n) is 26.5. The first kappa shape index (κ1) is 32.4. The van der Waals surface area contributed by atoms with Gasteiger partial charge in [-0.15, -0.1) is 0 Å². The fourth-order valence-electron chi connectivity index (χ4n) is 6.39. The summed E-state index contributed by atoms with van der Waals surface area (Å²) >= 11 is 0. The van der Waals surface area contributed by atoms with Crippen LogP contribution < -0.4 is 5.73 Å². The van der Waals surface area contributed by atoms with Crippen molar-refractivity contribution >= 4 is 28.5 Å². The lowest BCUT2D eigenvalue weighted by atomic mass is 9.75. The second-order valence-corrected chi connectivity index (χ2v) is 12.9. The minimum absolute atomic E-state index is 0.145. The maximum atomic E-state index is 14.5. The molecule has 45 heavy (non-hydrogen) atoms. The Balaban J connectivity index is 1.42. The van der Waals surface area contributed by atoms with E-state index in [2.05, 4.69) is 6.07 Å². The number of carbonyl (C=O) groups excluding carboxylic acids is 3. The first-order valence-electron chi connectivity index (χ1n) is 16.1. The van der Waals surface area contributed by atoms with Crippen molar-refractivity contribution in [2.45, 2.75) is 75.1 Å². The van der Waals surface area contributed by atoms with Gasteiger partial charge in [0.15, 0.2) is 0 Å². The molecule has 3 amide bonds. The van der Waals surface area contributed by atoms with Gasteiger partial charge in [-0.3, -0.25) is 14.4 Å². The van der Waals surface area contributed by atoms with E-state index in [1.165, 1.54) is 15.9 Å². The number of fused-ring (bicyclic) bond motifs is 1. The Bertz CT molecular complexity index is 1510. The van der Waals surface area contributed by atoms with Crippen LogP contribution in [0.1, 0.15) is 49.7 Å². The molecule has 1 saturated heterocycles. The molecule has 2 fully saturated rings. The zero-order valence-corrected chi connectivity index (χ0v) is 26.5. The Kier molecular flexibility index (Phi) is 10.4. The lowest BCUT2D eigenvalue weighted by Gasteiger charge is -2.38. The predicted octanol–water partition coefficient (Wildman–Crippen LogP) is 4.09. The lowest BCUT2D eigenvalue weighted by molar-refractivity contribution is -0.150. The third-order valence-corrected chi connectivity index (χ3v) is 9.63. The van der Waals surface area contributed by atoms with Crippen LogP contribution in [-0.2, 0) is 27.2 Å². The Morgan fingerprint density at radius 1 is 0.889 bits per heavy atom. The number of nitrogens with two attached hydrogens (primary N) is 1. The summed E-state index contributed by atoms with van der Waals surface area (Å²) in [5, 5.41) is 12.2. The summed E-state index contributed by atoms with van der Waals surface area (Å²) in [6.45, 7) is 0.888. The molecule has 5 rings (SSSR count). The number of hydrogen-bond acceptors (Lipinski definition) is 5. The molecule has 1 aliphatic heterocycles. The van der Waals surface area contributed by atoms with Gasteiger partial charge in [0.1, 0.15) is 12.1 Å². The fraction of sp³-hybridized carbons (Fsp3) is 0.432. The minimum atomic E-state index is -0.835. The molecule has 0 bridgehead atoms. The van der Waals surface area contributed by atoms with E-state index in [4.69, 9.17) is 5.73 Å². The predicted molar refractivity (Wildman–Crippen MR) is 177 cm³/mol. The van der Waals surface area contributed by atoms with Gasteiger partial charge in [-0.25, -0.2) is 0 Å². The summed E-state index contributed by atoms with van der Waals surface area (Å²) in [6.07, 6.45) is 8.22. The molecule has 2 atom stereocenters. The number of aliphatic hydroxyl groups is 1. The summed E-state index contributed by atoms with van der Waals surface area (Å²) in [4.78, 5) is 46.8. The van der Waals surface area contributed by atoms with Crippen LogP contribution in [0, 0.1) is 0 Å². The van der Waals surface area contributed by atoms with Gasteiger partial charge in [0, 0.05) is 45.6 Å². The molecule has 3 aromatic rings. The molecule has 0 radical (unpaired) electrons. The number of amides is 3. The number of carbonyl (C=O) groups is 3. The highest BCUT2D eigenvalue weighted by Crippen LogP contribution is 2.32. The van der Waals surface area contributed by atoms with E-state index in [0.29, 0.717) is 45.2 Å². The standard InChI is InChI=1S/C37H46N4O4/c1-39(34(43)14-8-19-37(38)20-9-21-37)32(26-28-15-16-29-12-6-7-13-30(29)24-28)35(44)40(2)33(25-27-10-4-3-5-11-27)36(45)41-22-17-31(42)18-23-41/h3-8,10-16,24,31-33,42H,9,17-23,25-26,38H2,1-2H3/b14-8+. The van der Waals surface area contributed by atoms with E-state index in [9.17, 15) is 19.5 Å². The number of likely N-dealkylation sites (tertiary alicyclic amines) is 1. The van der Waals surface area contributed by atoms with Gasteiger partial charge in [0.2, 0.25) is 17.7 Å². The monoisotopic (exact) mass is 610 g/mol. The van der Waals surface area contributed by atoms with Crippen molar-refractivity contribution < 1.29 is 19.5 Å². The second-order valence-electron chi connectivity index (χ2n) is 12.9. The van der Waals surface area contributed by atoms with E-state index < -0.39 is 18.2 Å². The summed E-state index contributed by atoms with van der Waals surface area (Å²) in [6, 6.07) is 22.2. The summed E-state index contributed by atoms with van der Waals surface area (Å²) in [5.41, 5.74) is 7.99. The minimum Gasteiger partial charge on any atom is -0.393 e. The molecule has 8 heteroatoms. The van der Waals surface area contributed by atoms with Gasteiger partial charge in [0.25, 0.3) is 0 Å². The average molecular weight is 611 g/mol. The first-order valence-corrected chi connectivity index (χ1v) is 16.1. The second kappa shape index (κ2) is 14.4. The first-order chi connectivity index (χ1) is 21.6. The molecule has 2 unspecified atom stereocenters. The number of piperidine rings is 1. The molecule has 1 heterocycles. The van der Waals surface area contributed by atoms with Crippen molar-refractivity contribution in [3.63, 3.8) is 0 Å². The highest BCUT2D eigenvalue weighted by molar-refractivity contribution is 5.95. The maximum absolute atomic E-state index is 14.5. The Morgan fingerprint density at radius 2 is 1.53 bits per heavy atom. The number of benzene rings is 3. The Labute approximate surface area is 266 Å². The summed E-state index contributed by atoms with van der Waals surface area (Å²) in [7, 11) is 3.33. The smallest absolute Gasteiger partial charge is 0.246 e. The molecule has 3 aromatic carbocycles.